The van der Waals surface area contributed by atoms with E-state index >= 15 is 0 Å². The van der Waals surface area contributed by atoms with Gasteiger partial charge in [-0.05, 0) is 60.2 Å². The van der Waals surface area contributed by atoms with Crippen molar-refractivity contribution in [2.75, 3.05) is 0 Å². The van der Waals surface area contributed by atoms with Gasteiger partial charge >= 0.3 is 0 Å². The molecule has 2 nitrogen and oxygen atoms in total. The highest BCUT2D eigenvalue weighted by Crippen LogP contribution is 2.51. The van der Waals surface area contributed by atoms with Crippen molar-refractivity contribution < 1.29 is 5.21 Å². The van der Waals surface area contributed by atoms with E-state index in [-0.39, 0.29) is 6.04 Å². The quantitative estimate of drug-likeness (QED) is 0.794. The van der Waals surface area contributed by atoms with Gasteiger partial charge in [0.2, 0.25) is 0 Å². The van der Waals surface area contributed by atoms with Gasteiger partial charge in [-0.3, -0.25) is 5.21 Å². The van der Waals surface area contributed by atoms with Gasteiger partial charge in [0.05, 0.1) is 0 Å². The third kappa shape index (κ3) is 2.01. The van der Waals surface area contributed by atoms with E-state index in [0.29, 0.717) is 0 Å². The molecule has 0 bridgehead atoms. The van der Waals surface area contributed by atoms with Gasteiger partial charge in [0.25, 0.3) is 0 Å². The van der Waals surface area contributed by atoms with Crippen LogP contribution in [0.15, 0.2) is 51.9 Å². The van der Waals surface area contributed by atoms with E-state index in [1.54, 1.807) is 22.7 Å². The van der Waals surface area contributed by atoms with Crippen molar-refractivity contribution in [3.63, 3.8) is 0 Å². The molecular weight excluding hydrogens is 298 g/mol. The third-order valence-electron chi connectivity index (χ3n) is 4.44. The number of fused-ring (bicyclic) bond motifs is 1. The molecule has 2 aromatic heterocycles. The van der Waals surface area contributed by atoms with E-state index in [1.165, 1.54) is 38.0 Å². The summed E-state index contributed by atoms with van der Waals surface area (Å²) in [6.07, 6.45) is 3.42. The zero-order valence-corrected chi connectivity index (χ0v) is 13.5. The van der Waals surface area contributed by atoms with Crippen molar-refractivity contribution >= 4 is 28.2 Å². The van der Waals surface area contributed by atoms with Crippen molar-refractivity contribution in [1.29, 1.82) is 0 Å². The Bertz CT molecular complexity index is 710. The van der Waals surface area contributed by atoms with Crippen molar-refractivity contribution in [3.8, 4) is 0 Å². The fraction of sp³-hybridized carbons (Fsp3) is 0.294. The molecule has 1 saturated carbocycles. The van der Waals surface area contributed by atoms with Crippen molar-refractivity contribution in [1.82, 2.24) is 5.06 Å². The van der Waals surface area contributed by atoms with E-state index in [0.717, 1.165) is 18.5 Å². The average molecular weight is 315 g/mol. The number of thiophene rings is 2. The second kappa shape index (κ2) is 5.13. The Morgan fingerprint density at radius 2 is 1.86 bits per heavy atom. The largest absolute Gasteiger partial charge is 0.288 e. The summed E-state index contributed by atoms with van der Waals surface area (Å²) in [6.45, 7) is 2.05. The van der Waals surface area contributed by atoms with Gasteiger partial charge in [-0.25, -0.2) is 5.06 Å². The van der Waals surface area contributed by atoms with E-state index < -0.39 is 0 Å². The molecule has 0 saturated heterocycles. The van der Waals surface area contributed by atoms with Crippen LogP contribution in [0.4, 0.5) is 0 Å². The highest BCUT2D eigenvalue weighted by molar-refractivity contribution is 7.11. The first kappa shape index (κ1) is 13.3. The minimum absolute atomic E-state index is 0.0551. The van der Waals surface area contributed by atoms with E-state index in [4.69, 9.17) is 0 Å². The lowest BCUT2D eigenvalue weighted by Gasteiger charge is -2.36. The molecule has 0 spiro atoms. The molecule has 2 aliphatic rings. The van der Waals surface area contributed by atoms with Crippen LogP contribution < -0.4 is 0 Å². The Labute approximate surface area is 132 Å². The number of hydroxylamine groups is 2. The molecule has 21 heavy (non-hydrogen) atoms. The fourth-order valence-electron chi connectivity index (χ4n) is 3.48. The van der Waals surface area contributed by atoms with Crippen LogP contribution in [0.1, 0.15) is 42.0 Å². The smallest absolute Gasteiger partial charge is 0.117 e. The van der Waals surface area contributed by atoms with Crippen LogP contribution in [-0.2, 0) is 0 Å². The molecule has 0 amide bonds. The van der Waals surface area contributed by atoms with Crippen LogP contribution in [0.3, 0.4) is 0 Å². The van der Waals surface area contributed by atoms with Crippen LogP contribution in [0.25, 0.3) is 5.57 Å². The van der Waals surface area contributed by atoms with Gasteiger partial charge in [0, 0.05) is 21.0 Å². The molecule has 1 aliphatic carbocycles. The first-order chi connectivity index (χ1) is 10.3. The fourth-order valence-corrected chi connectivity index (χ4v) is 5.13. The van der Waals surface area contributed by atoms with Gasteiger partial charge < -0.3 is 0 Å². The first-order valence-electron chi connectivity index (χ1n) is 7.26. The minimum atomic E-state index is -0.0551. The Balaban J connectivity index is 1.96. The molecule has 1 unspecified atom stereocenters. The highest BCUT2D eigenvalue weighted by Gasteiger charge is 2.36. The standard InChI is InChI=1S/C17H17NOS2/c1-11-12-5-2-6-13(12)16(14-7-3-9-20-14)17(18(11)19)15-8-4-10-21-15/h3-4,7-10,17,19H,2,5-6H2,1H3. The number of rotatable bonds is 2. The first-order valence-corrected chi connectivity index (χ1v) is 9.02. The van der Waals surface area contributed by atoms with E-state index in [9.17, 15) is 5.21 Å². The summed E-state index contributed by atoms with van der Waals surface area (Å²) in [4.78, 5) is 2.49. The van der Waals surface area contributed by atoms with Crippen LogP contribution in [0, 0.1) is 0 Å². The summed E-state index contributed by atoms with van der Waals surface area (Å²) in [6, 6.07) is 8.41. The summed E-state index contributed by atoms with van der Waals surface area (Å²) < 4.78 is 0. The summed E-state index contributed by atoms with van der Waals surface area (Å²) in [7, 11) is 0. The van der Waals surface area contributed by atoms with E-state index in [1.807, 2.05) is 6.92 Å². The summed E-state index contributed by atoms with van der Waals surface area (Å²) in [5.41, 5.74) is 5.17. The minimum Gasteiger partial charge on any atom is -0.288 e. The van der Waals surface area contributed by atoms with Crippen molar-refractivity contribution in [2.45, 2.75) is 32.2 Å². The topological polar surface area (TPSA) is 23.5 Å². The molecule has 0 radical (unpaired) electrons. The number of allylic oxidation sites excluding steroid dienone is 3. The average Bonchev–Trinajstić information content (AvgIpc) is 3.23. The maximum atomic E-state index is 10.8. The predicted molar refractivity (Wildman–Crippen MR) is 88.5 cm³/mol. The molecule has 3 heterocycles. The SMILES string of the molecule is CC1=C2CCCC2=C(c2cccs2)C(c2cccs2)N1O. The molecule has 0 aromatic carbocycles. The van der Waals surface area contributed by atoms with Crippen LogP contribution in [0.5, 0.6) is 0 Å². The zero-order valence-electron chi connectivity index (χ0n) is 11.9. The molecule has 1 fully saturated rings. The molecule has 4 rings (SSSR count). The van der Waals surface area contributed by atoms with E-state index in [2.05, 4.69) is 35.0 Å². The lowest BCUT2D eigenvalue weighted by Crippen LogP contribution is -2.28. The predicted octanol–water partition coefficient (Wildman–Crippen LogP) is 5.47. The van der Waals surface area contributed by atoms with Gasteiger partial charge in [-0.15, -0.1) is 22.7 Å². The molecule has 1 N–H and O–H groups in total. The van der Waals surface area contributed by atoms with Crippen LogP contribution in [0.2, 0.25) is 0 Å². The van der Waals surface area contributed by atoms with Gasteiger partial charge in [0.15, 0.2) is 0 Å². The number of hydrogen-bond donors (Lipinski definition) is 1. The Morgan fingerprint density at radius 1 is 1.10 bits per heavy atom. The molecule has 4 heteroatoms. The molecule has 108 valence electrons. The molecule has 1 atom stereocenters. The van der Waals surface area contributed by atoms with Crippen molar-refractivity contribution in [3.05, 3.63) is 61.6 Å². The molecular formula is C17H17NOS2. The normalized spacial score (nSPS) is 22.2. The van der Waals surface area contributed by atoms with Crippen LogP contribution >= 0.6 is 22.7 Å². The number of nitrogens with zero attached hydrogens (tertiary/aromatic N) is 1. The van der Waals surface area contributed by atoms with Crippen LogP contribution in [-0.4, -0.2) is 10.3 Å². The number of hydrogen-bond acceptors (Lipinski definition) is 4. The highest BCUT2D eigenvalue weighted by atomic mass is 32.1. The van der Waals surface area contributed by atoms with Gasteiger partial charge in [-0.2, -0.15) is 0 Å². The lowest BCUT2D eigenvalue weighted by atomic mass is 9.89. The Hall–Kier alpha value is -1.36. The Morgan fingerprint density at radius 3 is 2.57 bits per heavy atom. The second-order valence-corrected chi connectivity index (χ2v) is 7.48. The zero-order chi connectivity index (χ0) is 14.4. The monoisotopic (exact) mass is 315 g/mol. The second-order valence-electron chi connectivity index (χ2n) is 5.55. The third-order valence-corrected chi connectivity index (χ3v) is 6.27. The van der Waals surface area contributed by atoms with Gasteiger partial charge in [0.1, 0.15) is 6.04 Å². The van der Waals surface area contributed by atoms with Gasteiger partial charge in [-0.1, -0.05) is 12.1 Å². The Kier molecular flexibility index (Phi) is 3.25. The molecule has 2 aromatic rings. The maximum Gasteiger partial charge on any atom is 0.117 e. The summed E-state index contributed by atoms with van der Waals surface area (Å²) >= 11 is 3.49. The maximum absolute atomic E-state index is 10.8. The molecule has 1 aliphatic heterocycles. The van der Waals surface area contributed by atoms with Crippen molar-refractivity contribution in [2.24, 2.45) is 0 Å². The lowest BCUT2D eigenvalue weighted by molar-refractivity contribution is -0.0783. The summed E-state index contributed by atoms with van der Waals surface area (Å²) in [5, 5.41) is 16.5. The summed E-state index contributed by atoms with van der Waals surface area (Å²) in [5.74, 6) is 0.